The summed E-state index contributed by atoms with van der Waals surface area (Å²) in [6, 6.07) is 11.0. The summed E-state index contributed by atoms with van der Waals surface area (Å²) in [4.78, 5) is 2.07. The van der Waals surface area contributed by atoms with Crippen LogP contribution in [0.15, 0.2) is 47.1 Å². The molecule has 0 amide bonds. The molecule has 0 aliphatic carbocycles. The van der Waals surface area contributed by atoms with Gasteiger partial charge in [0.15, 0.2) is 0 Å². The minimum absolute atomic E-state index is 0.216. The Morgan fingerprint density at radius 1 is 1.12 bits per heavy atom. The molecule has 0 unspecified atom stereocenters. The van der Waals surface area contributed by atoms with Crippen LogP contribution in [-0.2, 0) is 11.3 Å². The highest BCUT2D eigenvalue weighted by atomic mass is 16.5. The van der Waals surface area contributed by atoms with Gasteiger partial charge in [-0.05, 0) is 36.4 Å². The second-order valence-corrected chi connectivity index (χ2v) is 5.45. The predicted octanol–water partition coefficient (Wildman–Crippen LogP) is 2.18. The van der Waals surface area contributed by atoms with Crippen molar-refractivity contribution in [1.29, 1.82) is 0 Å². The van der Waals surface area contributed by atoms with E-state index >= 15 is 0 Å². The van der Waals surface area contributed by atoms with Crippen LogP contribution < -0.4 is 9.47 Å². The van der Waals surface area contributed by atoms with Crippen molar-refractivity contribution in [2.24, 2.45) is 0 Å². The minimum Gasteiger partial charge on any atom is -0.497 e. The van der Waals surface area contributed by atoms with E-state index < -0.39 is 6.10 Å². The Hall–Kier alpha value is -2.02. The zero-order chi connectivity index (χ0) is 17.2. The van der Waals surface area contributed by atoms with E-state index in [4.69, 9.17) is 18.6 Å². The quantitative estimate of drug-likeness (QED) is 0.679. The van der Waals surface area contributed by atoms with E-state index in [1.54, 1.807) is 20.5 Å². The van der Waals surface area contributed by atoms with Crippen LogP contribution in [0.1, 0.15) is 5.76 Å². The van der Waals surface area contributed by atoms with E-state index in [9.17, 15) is 5.11 Å². The smallest absolute Gasteiger partial charge is 0.119 e. The third kappa shape index (κ3) is 6.23. The SMILES string of the molecule is COCCN(Cc1ccco1)C[C@@H](O)COc1ccc(OC)cc1. The normalized spacial score (nSPS) is 12.3. The second-order valence-electron chi connectivity index (χ2n) is 5.45. The maximum absolute atomic E-state index is 10.2. The van der Waals surface area contributed by atoms with E-state index in [-0.39, 0.29) is 6.61 Å². The lowest BCUT2D eigenvalue weighted by atomic mass is 10.3. The van der Waals surface area contributed by atoms with Crippen LogP contribution in [0.2, 0.25) is 0 Å². The van der Waals surface area contributed by atoms with Gasteiger partial charge in [0, 0.05) is 20.2 Å². The number of aliphatic hydroxyl groups excluding tert-OH is 1. The van der Waals surface area contributed by atoms with Gasteiger partial charge in [-0.2, -0.15) is 0 Å². The van der Waals surface area contributed by atoms with Gasteiger partial charge in [0.25, 0.3) is 0 Å². The number of rotatable bonds is 11. The fraction of sp³-hybridized carbons (Fsp3) is 0.444. The number of furan rings is 1. The van der Waals surface area contributed by atoms with Crippen molar-refractivity contribution in [3.05, 3.63) is 48.4 Å². The highest BCUT2D eigenvalue weighted by Gasteiger charge is 2.14. The number of ether oxygens (including phenoxy) is 3. The Bertz CT molecular complexity index is 555. The van der Waals surface area contributed by atoms with Gasteiger partial charge in [0.05, 0.1) is 26.5 Å². The van der Waals surface area contributed by atoms with Crippen molar-refractivity contribution in [1.82, 2.24) is 4.90 Å². The summed E-state index contributed by atoms with van der Waals surface area (Å²) in [5.41, 5.74) is 0. The first-order valence-corrected chi connectivity index (χ1v) is 7.90. The minimum atomic E-state index is -0.612. The molecule has 6 nitrogen and oxygen atoms in total. The van der Waals surface area contributed by atoms with Gasteiger partial charge >= 0.3 is 0 Å². The monoisotopic (exact) mass is 335 g/mol. The lowest BCUT2D eigenvalue weighted by Crippen LogP contribution is -2.37. The number of methoxy groups -OCH3 is 2. The Morgan fingerprint density at radius 2 is 1.88 bits per heavy atom. The molecule has 0 aliphatic heterocycles. The summed E-state index contributed by atoms with van der Waals surface area (Å²) in [5, 5.41) is 10.2. The maximum atomic E-state index is 10.2. The van der Waals surface area contributed by atoms with Crippen molar-refractivity contribution in [2.75, 3.05) is 40.5 Å². The highest BCUT2D eigenvalue weighted by Crippen LogP contribution is 2.17. The summed E-state index contributed by atoms with van der Waals surface area (Å²) < 4.78 is 21.2. The molecular weight excluding hydrogens is 310 g/mol. The van der Waals surface area contributed by atoms with Crippen molar-refractivity contribution in [2.45, 2.75) is 12.6 Å². The Labute approximate surface area is 142 Å². The Kier molecular flexibility index (Phi) is 7.61. The summed E-state index contributed by atoms with van der Waals surface area (Å²) in [6.07, 6.45) is 1.03. The first-order valence-electron chi connectivity index (χ1n) is 7.90. The van der Waals surface area contributed by atoms with Crippen molar-refractivity contribution < 1.29 is 23.7 Å². The van der Waals surface area contributed by atoms with Gasteiger partial charge in [-0.25, -0.2) is 0 Å². The Morgan fingerprint density at radius 3 is 2.50 bits per heavy atom. The third-order valence-corrected chi connectivity index (χ3v) is 3.54. The van der Waals surface area contributed by atoms with E-state index in [1.165, 1.54) is 0 Å². The van der Waals surface area contributed by atoms with Gasteiger partial charge in [-0.15, -0.1) is 0 Å². The summed E-state index contributed by atoms with van der Waals surface area (Å²) >= 11 is 0. The molecule has 0 radical (unpaired) electrons. The third-order valence-electron chi connectivity index (χ3n) is 3.54. The molecule has 6 heteroatoms. The number of hydrogen-bond acceptors (Lipinski definition) is 6. The molecule has 0 saturated carbocycles. The molecule has 132 valence electrons. The molecule has 0 saturated heterocycles. The van der Waals surface area contributed by atoms with Gasteiger partial charge in [0.2, 0.25) is 0 Å². The van der Waals surface area contributed by atoms with Crippen molar-refractivity contribution >= 4 is 0 Å². The standard InChI is InChI=1S/C18H25NO5/c1-21-11-9-19(13-18-4-3-10-23-18)12-15(20)14-24-17-7-5-16(22-2)6-8-17/h3-8,10,15,20H,9,11-14H2,1-2H3/t15-/m1/s1. The zero-order valence-corrected chi connectivity index (χ0v) is 14.2. The molecule has 2 aromatic rings. The molecule has 0 bridgehead atoms. The van der Waals surface area contributed by atoms with Crippen LogP contribution in [0, 0.1) is 0 Å². The Balaban J connectivity index is 1.80. The average Bonchev–Trinajstić information content (AvgIpc) is 3.11. The molecule has 0 fully saturated rings. The molecule has 1 N–H and O–H groups in total. The average molecular weight is 335 g/mol. The maximum Gasteiger partial charge on any atom is 0.119 e. The molecule has 2 rings (SSSR count). The summed E-state index contributed by atoms with van der Waals surface area (Å²) in [5.74, 6) is 2.32. The molecule has 1 heterocycles. The van der Waals surface area contributed by atoms with E-state index in [2.05, 4.69) is 4.90 Å². The zero-order valence-electron chi connectivity index (χ0n) is 14.2. The lowest BCUT2D eigenvalue weighted by Gasteiger charge is -2.24. The van der Waals surface area contributed by atoms with Gasteiger partial charge < -0.3 is 23.7 Å². The molecule has 0 aliphatic rings. The lowest BCUT2D eigenvalue weighted by molar-refractivity contribution is 0.0517. The van der Waals surface area contributed by atoms with Crippen LogP contribution in [0.25, 0.3) is 0 Å². The van der Waals surface area contributed by atoms with Gasteiger partial charge in [-0.3, -0.25) is 4.90 Å². The number of hydrogen-bond donors (Lipinski definition) is 1. The molecule has 1 aromatic carbocycles. The van der Waals surface area contributed by atoms with E-state index in [0.717, 1.165) is 11.5 Å². The number of benzene rings is 1. The molecule has 0 spiro atoms. The molecule has 1 aromatic heterocycles. The summed E-state index contributed by atoms with van der Waals surface area (Å²) in [7, 11) is 3.28. The molecular formula is C18H25NO5. The summed E-state index contributed by atoms with van der Waals surface area (Å²) in [6.45, 7) is 2.60. The first-order chi connectivity index (χ1) is 11.7. The van der Waals surface area contributed by atoms with E-state index in [0.29, 0.717) is 32.0 Å². The topological polar surface area (TPSA) is 64.3 Å². The van der Waals surface area contributed by atoms with Crippen LogP contribution in [0.3, 0.4) is 0 Å². The largest absolute Gasteiger partial charge is 0.497 e. The van der Waals surface area contributed by atoms with Crippen LogP contribution in [0.4, 0.5) is 0 Å². The fourth-order valence-electron chi connectivity index (χ4n) is 2.29. The molecule has 24 heavy (non-hydrogen) atoms. The second kappa shape index (κ2) is 9.97. The first kappa shape index (κ1) is 18.3. The predicted molar refractivity (Wildman–Crippen MR) is 90.4 cm³/mol. The van der Waals surface area contributed by atoms with Crippen molar-refractivity contribution in [3.63, 3.8) is 0 Å². The molecule has 1 atom stereocenters. The van der Waals surface area contributed by atoms with Crippen LogP contribution >= 0.6 is 0 Å². The van der Waals surface area contributed by atoms with Crippen LogP contribution in [-0.4, -0.2) is 56.6 Å². The van der Waals surface area contributed by atoms with Crippen LogP contribution in [0.5, 0.6) is 11.5 Å². The highest BCUT2D eigenvalue weighted by molar-refractivity contribution is 5.31. The van der Waals surface area contributed by atoms with Crippen molar-refractivity contribution in [3.8, 4) is 11.5 Å². The van der Waals surface area contributed by atoms with Gasteiger partial charge in [-0.1, -0.05) is 0 Å². The fourth-order valence-corrected chi connectivity index (χ4v) is 2.29. The number of aliphatic hydroxyl groups is 1. The van der Waals surface area contributed by atoms with E-state index in [1.807, 2.05) is 36.4 Å². The number of nitrogens with zero attached hydrogens (tertiary/aromatic N) is 1. The van der Waals surface area contributed by atoms with Gasteiger partial charge in [0.1, 0.15) is 30.0 Å².